The van der Waals surface area contributed by atoms with E-state index in [4.69, 9.17) is 0 Å². The van der Waals surface area contributed by atoms with Crippen LogP contribution in [0.1, 0.15) is 12.7 Å². The maximum absolute atomic E-state index is 4.45. The van der Waals surface area contributed by atoms with Gasteiger partial charge >= 0.3 is 0 Å². The zero-order chi connectivity index (χ0) is 11.5. The van der Waals surface area contributed by atoms with Crippen molar-refractivity contribution in [3.63, 3.8) is 0 Å². The van der Waals surface area contributed by atoms with Gasteiger partial charge in [0.05, 0.1) is 0 Å². The van der Waals surface area contributed by atoms with E-state index in [0.29, 0.717) is 0 Å². The van der Waals surface area contributed by atoms with E-state index in [9.17, 15) is 0 Å². The molecule has 0 unspecified atom stereocenters. The number of H-pyrrole nitrogens is 1. The first kappa shape index (κ1) is 11.7. The maximum Gasteiger partial charge on any atom is 0.110 e. The Morgan fingerprint density at radius 3 is 2.50 bits per heavy atom. The largest absolute Gasteiger partial charge is 0.336 e. The van der Waals surface area contributed by atoms with Gasteiger partial charge < -0.3 is 4.98 Å². The fourth-order valence-electron chi connectivity index (χ4n) is 1.53. The van der Waals surface area contributed by atoms with Gasteiger partial charge in [-0.3, -0.25) is 0 Å². The molecule has 0 aliphatic carbocycles. The van der Waals surface area contributed by atoms with Crippen LogP contribution in [-0.2, 0) is 0 Å². The standard InChI is InChI=1S/C12H13BrN2S/c1-3-16-10-6-4-9(5-7-10)11-12(13)15-8(2)14-11/h4-7H,3H2,1-2H3,(H,14,15). The average molecular weight is 297 g/mol. The second-order valence-electron chi connectivity index (χ2n) is 3.44. The number of rotatable bonds is 3. The van der Waals surface area contributed by atoms with Crippen LogP contribution in [0.25, 0.3) is 11.3 Å². The van der Waals surface area contributed by atoms with Gasteiger partial charge in [0, 0.05) is 10.5 Å². The molecule has 0 spiro atoms. The molecule has 0 aliphatic rings. The van der Waals surface area contributed by atoms with Crippen molar-refractivity contribution in [1.29, 1.82) is 0 Å². The van der Waals surface area contributed by atoms with Crippen molar-refractivity contribution in [2.24, 2.45) is 0 Å². The quantitative estimate of drug-likeness (QED) is 0.858. The van der Waals surface area contributed by atoms with Crippen molar-refractivity contribution in [3.05, 3.63) is 34.7 Å². The first-order chi connectivity index (χ1) is 7.70. The Kier molecular flexibility index (Phi) is 3.71. The van der Waals surface area contributed by atoms with Gasteiger partial charge in [0.1, 0.15) is 16.1 Å². The Hall–Kier alpha value is -0.740. The first-order valence-electron chi connectivity index (χ1n) is 5.16. The molecule has 1 heterocycles. The van der Waals surface area contributed by atoms with Crippen LogP contribution in [-0.4, -0.2) is 15.7 Å². The average Bonchev–Trinajstić information content (AvgIpc) is 2.59. The maximum atomic E-state index is 4.45. The monoisotopic (exact) mass is 296 g/mol. The van der Waals surface area contributed by atoms with Crippen LogP contribution < -0.4 is 0 Å². The number of benzene rings is 1. The van der Waals surface area contributed by atoms with Crippen molar-refractivity contribution in [3.8, 4) is 11.3 Å². The van der Waals surface area contributed by atoms with E-state index in [2.05, 4.69) is 57.1 Å². The number of thioether (sulfide) groups is 1. The molecule has 2 nitrogen and oxygen atoms in total. The summed E-state index contributed by atoms with van der Waals surface area (Å²) in [5.74, 6) is 2.03. The third kappa shape index (κ3) is 2.50. The van der Waals surface area contributed by atoms with Crippen molar-refractivity contribution in [1.82, 2.24) is 9.97 Å². The second kappa shape index (κ2) is 5.06. The minimum atomic E-state index is 0.925. The number of nitrogens with zero attached hydrogens (tertiary/aromatic N) is 1. The van der Waals surface area contributed by atoms with Gasteiger partial charge in [0.2, 0.25) is 0 Å². The molecule has 0 amide bonds. The van der Waals surface area contributed by atoms with Crippen LogP contribution >= 0.6 is 27.7 Å². The predicted molar refractivity (Wildman–Crippen MR) is 72.9 cm³/mol. The molecule has 0 saturated heterocycles. The minimum Gasteiger partial charge on any atom is -0.336 e. The lowest BCUT2D eigenvalue weighted by atomic mass is 10.2. The van der Waals surface area contributed by atoms with E-state index >= 15 is 0 Å². The van der Waals surface area contributed by atoms with E-state index in [1.165, 1.54) is 4.90 Å². The molecular formula is C12H13BrN2S. The van der Waals surface area contributed by atoms with E-state index in [-0.39, 0.29) is 0 Å². The first-order valence-corrected chi connectivity index (χ1v) is 6.94. The fourth-order valence-corrected chi connectivity index (χ4v) is 2.80. The molecule has 2 aromatic rings. The Labute approximate surface area is 108 Å². The third-order valence-electron chi connectivity index (χ3n) is 2.22. The highest BCUT2D eigenvalue weighted by Crippen LogP contribution is 2.27. The van der Waals surface area contributed by atoms with Gasteiger partial charge in [0.25, 0.3) is 0 Å². The highest BCUT2D eigenvalue weighted by molar-refractivity contribution is 9.10. The summed E-state index contributed by atoms with van der Waals surface area (Å²) in [5, 5.41) is 0. The lowest BCUT2D eigenvalue weighted by Gasteiger charge is -2.01. The number of imidazole rings is 1. The van der Waals surface area contributed by atoms with Gasteiger partial charge in [-0.2, -0.15) is 0 Å². The Balaban J connectivity index is 2.31. The third-order valence-corrected chi connectivity index (χ3v) is 3.68. The number of hydrogen-bond donors (Lipinski definition) is 1. The van der Waals surface area contributed by atoms with Crippen LogP contribution in [0.4, 0.5) is 0 Å². The number of aryl methyl sites for hydroxylation is 1. The fraction of sp³-hybridized carbons (Fsp3) is 0.250. The lowest BCUT2D eigenvalue weighted by molar-refractivity contribution is 1.14. The highest BCUT2D eigenvalue weighted by Gasteiger charge is 2.07. The number of nitrogens with one attached hydrogen (secondary N) is 1. The Morgan fingerprint density at radius 2 is 2.00 bits per heavy atom. The zero-order valence-electron chi connectivity index (χ0n) is 9.25. The van der Waals surface area contributed by atoms with Crippen LogP contribution in [0.3, 0.4) is 0 Å². The van der Waals surface area contributed by atoms with Crippen LogP contribution in [0.15, 0.2) is 33.8 Å². The summed E-state index contributed by atoms with van der Waals surface area (Å²) in [7, 11) is 0. The molecule has 0 radical (unpaired) electrons. The SMILES string of the molecule is CCSc1ccc(-c2nc(C)[nH]c2Br)cc1. The number of halogens is 1. The zero-order valence-corrected chi connectivity index (χ0v) is 11.7. The Morgan fingerprint density at radius 1 is 1.31 bits per heavy atom. The predicted octanol–water partition coefficient (Wildman–Crippen LogP) is 4.26. The molecule has 0 fully saturated rings. The normalized spacial score (nSPS) is 10.7. The van der Waals surface area contributed by atoms with Gasteiger partial charge in [0.15, 0.2) is 0 Å². The van der Waals surface area contributed by atoms with E-state index in [1.54, 1.807) is 0 Å². The molecule has 0 atom stereocenters. The van der Waals surface area contributed by atoms with Gasteiger partial charge in [-0.15, -0.1) is 11.8 Å². The molecule has 0 saturated carbocycles. The Bertz CT molecular complexity index is 476. The molecule has 1 N–H and O–H groups in total. The summed E-state index contributed by atoms with van der Waals surface area (Å²) < 4.78 is 0.945. The summed E-state index contributed by atoms with van der Waals surface area (Å²) in [5.41, 5.74) is 2.11. The van der Waals surface area contributed by atoms with Crippen molar-refractivity contribution >= 4 is 27.7 Å². The molecule has 84 valence electrons. The number of aromatic amines is 1. The summed E-state index contributed by atoms with van der Waals surface area (Å²) in [6.07, 6.45) is 0. The molecule has 0 bridgehead atoms. The van der Waals surface area contributed by atoms with Crippen LogP contribution in [0, 0.1) is 6.92 Å². The van der Waals surface area contributed by atoms with Crippen molar-refractivity contribution < 1.29 is 0 Å². The summed E-state index contributed by atoms with van der Waals surface area (Å²) >= 11 is 5.33. The highest BCUT2D eigenvalue weighted by atomic mass is 79.9. The van der Waals surface area contributed by atoms with Crippen LogP contribution in [0.2, 0.25) is 0 Å². The second-order valence-corrected chi connectivity index (χ2v) is 5.57. The molecule has 1 aromatic heterocycles. The smallest absolute Gasteiger partial charge is 0.110 e. The van der Waals surface area contributed by atoms with Crippen molar-refractivity contribution in [2.45, 2.75) is 18.7 Å². The van der Waals surface area contributed by atoms with E-state index in [0.717, 1.165) is 27.4 Å². The lowest BCUT2D eigenvalue weighted by Crippen LogP contribution is -1.80. The molecule has 2 rings (SSSR count). The van der Waals surface area contributed by atoms with Gasteiger partial charge in [-0.1, -0.05) is 19.1 Å². The molecule has 16 heavy (non-hydrogen) atoms. The van der Waals surface area contributed by atoms with Crippen LogP contribution in [0.5, 0.6) is 0 Å². The van der Waals surface area contributed by atoms with Gasteiger partial charge in [-0.05, 0) is 40.7 Å². The molecule has 4 heteroatoms. The summed E-state index contributed by atoms with van der Waals surface area (Å²) in [4.78, 5) is 8.89. The topological polar surface area (TPSA) is 28.7 Å². The number of aromatic nitrogens is 2. The summed E-state index contributed by atoms with van der Waals surface area (Å²) in [6.45, 7) is 4.11. The van der Waals surface area contributed by atoms with Crippen molar-refractivity contribution in [2.75, 3.05) is 5.75 Å². The molecule has 0 aliphatic heterocycles. The summed E-state index contributed by atoms with van der Waals surface area (Å²) in [6, 6.07) is 8.50. The van der Waals surface area contributed by atoms with Gasteiger partial charge in [-0.25, -0.2) is 4.98 Å². The number of hydrogen-bond acceptors (Lipinski definition) is 2. The van der Waals surface area contributed by atoms with E-state index < -0.39 is 0 Å². The molecule has 1 aromatic carbocycles. The van der Waals surface area contributed by atoms with E-state index in [1.807, 2.05) is 18.7 Å². The molecular weight excluding hydrogens is 284 g/mol. The minimum absolute atomic E-state index is 0.925.